The van der Waals surface area contributed by atoms with Crippen molar-refractivity contribution in [2.75, 3.05) is 18.4 Å². The van der Waals surface area contributed by atoms with Gasteiger partial charge < -0.3 is 10.2 Å². The molecular weight excluding hydrogens is 336 g/mol. The number of rotatable bonds is 3. The monoisotopic (exact) mass is 362 g/mol. The molecule has 4 heteroatoms. The summed E-state index contributed by atoms with van der Waals surface area (Å²) in [6, 6.07) is 16.5. The van der Waals surface area contributed by atoms with E-state index < -0.39 is 11.8 Å². The summed E-state index contributed by atoms with van der Waals surface area (Å²) in [5.41, 5.74) is 4.73. The second-order valence-electron chi connectivity index (χ2n) is 7.72. The molecule has 1 heterocycles. The predicted molar refractivity (Wildman–Crippen MR) is 107 cm³/mol. The number of piperidine rings is 1. The van der Waals surface area contributed by atoms with E-state index in [9.17, 15) is 9.59 Å². The molecule has 0 saturated carbocycles. The van der Waals surface area contributed by atoms with Gasteiger partial charge in [-0.3, -0.25) is 9.59 Å². The molecule has 1 fully saturated rings. The second kappa shape index (κ2) is 7.95. The zero-order valence-corrected chi connectivity index (χ0v) is 15.6. The number of likely N-dealkylation sites (tertiary alicyclic amines) is 1. The normalized spacial score (nSPS) is 16.8. The number of hydrogen-bond acceptors (Lipinski definition) is 2. The van der Waals surface area contributed by atoms with Gasteiger partial charge in [0.1, 0.15) is 0 Å². The Morgan fingerprint density at radius 2 is 1.70 bits per heavy atom. The van der Waals surface area contributed by atoms with Crippen LogP contribution in [0.25, 0.3) is 0 Å². The van der Waals surface area contributed by atoms with Gasteiger partial charge >= 0.3 is 11.8 Å². The van der Waals surface area contributed by atoms with Gasteiger partial charge in [0, 0.05) is 18.8 Å². The zero-order chi connectivity index (χ0) is 18.6. The minimum Gasteiger partial charge on any atom is -0.334 e. The van der Waals surface area contributed by atoms with Gasteiger partial charge in [-0.25, -0.2) is 0 Å². The molecule has 2 aliphatic rings. The lowest BCUT2D eigenvalue weighted by Crippen LogP contribution is -2.44. The van der Waals surface area contributed by atoms with Gasteiger partial charge in [0.05, 0.1) is 0 Å². The summed E-state index contributed by atoms with van der Waals surface area (Å²) in [7, 11) is 0. The van der Waals surface area contributed by atoms with E-state index in [0.717, 1.165) is 37.8 Å². The van der Waals surface area contributed by atoms with Crippen LogP contribution in [0.1, 0.15) is 36.0 Å². The number of nitrogens with one attached hydrogen (secondary N) is 1. The van der Waals surface area contributed by atoms with Gasteiger partial charge in [-0.15, -0.1) is 0 Å². The smallest absolute Gasteiger partial charge is 0.313 e. The van der Waals surface area contributed by atoms with E-state index in [-0.39, 0.29) is 0 Å². The van der Waals surface area contributed by atoms with Crippen molar-refractivity contribution in [3.8, 4) is 0 Å². The second-order valence-corrected chi connectivity index (χ2v) is 7.72. The molecule has 140 valence electrons. The molecule has 0 aromatic heterocycles. The highest BCUT2D eigenvalue weighted by atomic mass is 16.2. The van der Waals surface area contributed by atoms with Crippen molar-refractivity contribution >= 4 is 17.5 Å². The number of anilines is 1. The third kappa shape index (κ3) is 4.21. The summed E-state index contributed by atoms with van der Waals surface area (Å²) in [5, 5.41) is 2.79. The maximum Gasteiger partial charge on any atom is 0.313 e. The molecule has 0 bridgehead atoms. The van der Waals surface area contributed by atoms with Crippen molar-refractivity contribution in [1.82, 2.24) is 4.90 Å². The lowest BCUT2D eigenvalue weighted by Gasteiger charge is -2.31. The van der Waals surface area contributed by atoms with Crippen LogP contribution in [-0.4, -0.2) is 29.8 Å². The SMILES string of the molecule is O=C(Nc1ccc2c(c1)CCC2)C(=O)N1CCC(Cc2ccccc2)CC1. The fourth-order valence-corrected chi connectivity index (χ4v) is 4.27. The summed E-state index contributed by atoms with van der Waals surface area (Å²) >= 11 is 0. The van der Waals surface area contributed by atoms with Crippen molar-refractivity contribution < 1.29 is 9.59 Å². The van der Waals surface area contributed by atoms with Crippen LogP contribution >= 0.6 is 0 Å². The molecule has 2 aromatic carbocycles. The number of nitrogens with zero attached hydrogens (tertiary/aromatic N) is 1. The van der Waals surface area contributed by atoms with Gasteiger partial charge in [0.25, 0.3) is 0 Å². The van der Waals surface area contributed by atoms with Crippen LogP contribution in [0.15, 0.2) is 48.5 Å². The number of carbonyl (C=O) groups excluding carboxylic acids is 2. The molecule has 1 saturated heterocycles. The van der Waals surface area contributed by atoms with E-state index in [2.05, 4.69) is 35.6 Å². The van der Waals surface area contributed by atoms with Crippen molar-refractivity contribution in [3.05, 3.63) is 65.2 Å². The first-order valence-electron chi connectivity index (χ1n) is 9.95. The van der Waals surface area contributed by atoms with Crippen molar-refractivity contribution in [1.29, 1.82) is 0 Å². The molecule has 0 atom stereocenters. The van der Waals surface area contributed by atoms with Crippen LogP contribution in [0.2, 0.25) is 0 Å². The van der Waals surface area contributed by atoms with Gasteiger partial charge in [-0.2, -0.15) is 0 Å². The maximum absolute atomic E-state index is 12.5. The number of benzene rings is 2. The molecule has 0 radical (unpaired) electrons. The Balaban J connectivity index is 1.29. The van der Waals surface area contributed by atoms with E-state index in [1.165, 1.54) is 23.1 Å². The van der Waals surface area contributed by atoms with Gasteiger partial charge in [-0.1, -0.05) is 36.4 Å². The predicted octanol–water partition coefficient (Wildman–Crippen LogP) is 3.60. The average Bonchev–Trinajstić information content (AvgIpc) is 3.16. The Kier molecular flexibility index (Phi) is 5.23. The van der Waals surface area contributed by atoms with E-state index >= 15 is 0 Å². The van der Waals surface area contributed by atoms with E-state index in [4.69, 9.17) is 0 Å². The standard InChI is InChI=1S/C23H26N2O2/c26-22(24-21-10-9-19-7-4-8-20(19)16-21)23(27)25-13-11-18(12-14-25)15-17-5-2-1-3-6-17/h1-3,5-6,9-10,16,18H,4,7-8,11-15H2,(H,24,26). The molecule has 4 nitrogen and oxygen atoms in total. The highest BCUT2D eigenvalue weighted by Gasteiger charge is 2.27. The highest BCUT2D eigenvalue weighted by Crippen LogP contribution is 2.25. The Hall–Kier alpha value is -2.62. The first-order chi connectivity index (χ1) is 13.2. The quantitative estimate of drug-likeness (QED) is 0.848. The molecule has 1 aliphatic carbocycles. The number of aryl methyl sites for hydroxylation is 2. The zero-order valence-electron chi connectivity index (χ0n) is 15.6. The lowest BCUT2D eigenvalue weighted by molar-refractivity contribution is -0.144. The largest absolute Gasteiger partial charge is 0.334 e. The number of hydrogen-bond donors (Lipinski definition) is 1. The van der Waals surface area contributed by atoms with Crippen LogP contribution in [0, 0.1) is 5.92 Å². The summed E-state index contributed by atoms with van der Waals surface area (Å²) in [5.74, 6) is -0.348. The molecular formula is C23H26N2O2. The molecule has 4 rings (SSSR count). The first-order valence-corrected chi connectivity index (χ1v) is 9.95. The molecule has 0 spiro atoms. The molecule has 0 unspecified atom stereocenters. The van der Waals surface area contributed by atoms with Crippen LogP contribution in [0.4, 0.5) is 5.69 Å². The Bertz CT molecular complexity index is 824. The third-order valence-electron chi connectivity index (χ3n) is 5.82. The van der Waals surface area contributed by atoms with Crippen LogP contribution in [0.3, 0.4) is 0 Å². The van der Waals surface area contributed by atoms with Crippen molar-refractivity contribution in [3.63, 3.8) is 0 Å². The maximum atomic E-state index is 12.5. The number of amides is 2. The van der Waals surface area contributed by atoms with Crippen LogP contribution < -0.4 is 5.32 Å². The van der Waals surface area contributed by atoms with Crippen LogP contribution in [-0.2, 0) is 28.9 Å². The van der Waals surface area contributed by atoms with Gasteiger partial charge in [0.2, 0.25) is 0 Å². The average molecular weight is 362 g/mol. The molecule has 27 heavy (non-hydrogen) atoms. The fourth-order valence-electron chi connectivity index (χ4n) is 4.27. The van der Waals surface area contributed by atoms with Crippen molar-refractivity contribution in [2.45, 2.75) is 38.5 Å². The van der Waals surface area contributed by atoms with Crippen LogP contribution in [0.5, 0.6) is 0 Å². The van der Waals surface area contributed by atoms with E-state index in [0.29, 0.717) is 19.0 Å². The minimum atomic E-state index is -0.519. The molecule has 1 aliphatic heterocycles. The summed E-state index contributed by atoms with van der Waals surface area (Å²) < 4.78 is 0. The topological polar surface area (TPSA) is 49.4 Å². The summed E-state index contributed by atoms with van der Waals surface area (Å²) in [6.07, 6.45) is 6.29. The van der Waals surface area contributed by atoms with Gasteiger partial charge in [-0.05, 0) is 73.3 Å². The highest BCUT2D eigenvalue weighted by molar-refractivity contribution is 6.39. The summed E-state index contributed by atoms with van der Waals surface area (Å²) in [4.78, 5) is 26.6. The van der Waals surface area contributed by atoms with Gasteiger partial charge in [0.15, 0.2) is 0 Å². The fraction of sp³-hybridized carbons (Fsp3) is 0.391. The Morgan fingerprint density at radius 3 is 2.48 bits per heavy atom. The Morgan fingerprint density at radius 1 is 0.963 bits per heavy atom. The minimum absolute atomic E-state index is 0.409. The third-order valence-corrected chi connectivity index (χ3v) is 5.82. The lowest BCUT2D eigenvalue weighted by atomic mass is 9.90. The van der Waals surface area contributed by atoms with Crippen molar-refractivity contribution in [2.24, 2.45) is 5.92 Å². The molecule has 2 amide bonds. The molecule has 1 N–H and O–H groups in total. The first kappa shape index (κ1) is 17.8. The Labute approximate surface area is 160 Å². The molecule has 2 aromatic rings. The number of carbonyl (C=O) groups is 2. The summed E-state index contributed by atoms with van der Waals surface area (Å²) in [6.45, 7) is 1.32. The number of fused-ring (bicyclic) bond motifs is 1. The van der Waals surface area contributed by atoms with E-state index in [1.807, 2.05) is 18.2 Å². The van der Waals surface area contributed by atoms with E-state index in [1.54, 1.807) is 4.90 Å².